The highest BCUT2D eigenvalue weighted by atomic mass is 127. The smallest absolute Gasteiger partial charge is 0.246 e. The number of halogens is 3. The number of alkyl halides is 1. The van der Waals surface area contributed by atoms with Crippen molar-refractivity contribution in [1.82, 2.24) is 4.90 Å². The normalized spacial score (nSPS) is 18.4. The first-order valence-corrected chi connectivity index (χ1v) is 9.16. The van der Waals surface area contributed by atoms with E-state index in [4.69, 9.17) is 11.6 Å². The van der Waals surface area contributed by atoms with Crippen molar-refractivity contribution < 1.29 is 9.18 Å². The van der Waals surface area contributed by atoms with Crippen molar-refractivity contribution in [3.8, 4) is 0 Å². The molecule has 0 saturated carbocycles. The van der Waals surface area contributed by atoms with Crippen molar-refractivity contribution in [2.45, 2.75) is 17.6 Å². The number of rotatable bonds is 4. The third kappa shape index (κ3) is 4.31. The average Bonchev–Trinajstić information content (AvgIpc) is 2.93. The molecule has 22 heavy (non-hydrogen) atoms. The van der Waals surface area contributed by atoms with Gasteiger partial charge in [0.05, 0.1) is 28.9 Å². The van der Waals surface area contributed by atoms with Crippen LogP contribution in [0.2, 0.25) is 5.02 Å². The van der Waals surface area contributed by atoms with E-state index in [0.717, 1.165) is 12.1 Å². The predicted octanol–water partition coefficient (Wildman–Crippen LogP) is 4.11. The molecule has 1 fully saturated rings. The molecule has 0 bridgehead atoms. The zero-order chi connectivity index (χ0) is 16.5. The number of hydrogen-bond donors (Lipinski definition) is 0. The van der Waals surface area contributed by atoms with Crippen molar-refractivity contribution in [3.63, 3.8) is 0 Å². The molecule has 1 saturated heterocycles. The second kappa shape index (κ2) is 7.29. The summed E-state index contributed by atoms with van der Waals surface area (Å²) in [5.74, 6) is -0.0585. The minimum absolute atomic E-state index is 0.0585. The van der Waals surface area contributed by atoms with Gasteiger partial charge in [0.25, 0.3) is 0 Å². The zero-order valence-electron chi connectivity index (χ0n) is 11.8. The number of hydrogen-bond acceptors (Lipinski definition) is 2. The molecule has 0 spiro atoms. The fourth-order valence-electron chi connectivity index (χ4n) is 2.39. The van der Waals surface area contributed by atoms with E-state index < -0.39 is 5.15 Å². The highest BCUT2D eigenvalue weighted by Crippen LogP contribution is 2.43. The predicted molar refractivity (Wildman–Crippen MR) is 105 cm³/mol. The van der Waals surface area contributed by atoms with Gasteiger partial charge in [0.15, 0.2) is 5.15 Å². The number of anilines is 1. The average molecular weight is 473 g/mol. The Morgan fingerprint density at radius 3 is 2.82 bits per heavy atom. The van der Waals surface area contributed by atoms with Gasteiger partial charge >= 0.3 is 0 Å². The molecule has 1 aliphatic heterocycles. The monoisotopic (exact) mass is 472 g/mol. The lowest BCUT2D eigenvalue weighted by Crippen LogP contribution is -2.33. The molecule has 0 aliphatic carbocycles. The Hall–Kier alpha value is 0.0400. The van der Waals surface area contributed by atoms with Gasteiger partial charge in [-0.25, -0.2) is 4.39 Å². The van der Waals surface area contributed by atoms with E-state index >= 15 is 0 Å². The second-order valence-electron chi connectivity index (χ2n) is 5.21. The summed E-state index contributed by atoms with van der Waals surface area (Å²) in [6.07, 6.45) is 2.18. The molecule has 1 aromatic rings. The summed E-state index contributed by atoms with van der Waals surface area (Å²) in [6, 6.07) is 5.35. The Morgan fingerprint density at radius 2 is 2.23 bits per heavy atom. The molecule has 1 aliphatic rings. The molecular weight excluding hydrogens is 455 g/mol. The molecule has 2 unspecified atom stereocenters. The second-order valence-corrected chi connectivity index (χ2v) is 9.03. The zero-order valence-corrected chi connectivity index (χ0v) is 17.0. The quantitative estimate of drug-likeness (QED) is 0.285. The number of nitrogens with zero attached hydrogens (tertiary/aromatic N) is 2. The standard InChI is InChI=1S/C14H17ClFIN2OP2/c1-2-13(20)18-4-3-11(8-18)19(17)12-6-9(14(16,21)22)5-10(15)7-12/h2,5-7,11H,1,3-4,8,21-22H2/t11-/m0/s1. The van der Waals surface area contributed by atoms with Crippen molar-refractivity contribution in [3.05, 3.63) is 41.4 Å². The van der Waals surface area contributed by atoms with Crippen LogP contribution in [-0.4, -0.2) is 29.9 Å². The van der Waals surface area contributed by atoms with Crippen molar-refractivity contribution in [2.75, 3.05) is 16.2 Å². The first-order chi connectivity index (χ1) is 10.2. The van der Waals surface area contributed by atoms with Crippen LogP contribution in [0.3, 0.4) is 0 Å². The minimum atomic E-state index is -1.61. The molecule has 1 aromatic carbocycles. The lowest BCUT2D eigenvalue weighted by molar-refractivity contribution is -0.125. The van der Waals surface area contributed by atoms with Gasteiger partial charge < -0.3 is 8.01 Å². The van der Waals surface area contributed by atoms with Crippen LogP contribution in [0.4, 0.5) is 10.1 Å². The molecule has 3 atom stereocenters. The number of benzene rings is 1. The van der Waals surface area contributed by atoms with Crippen LogP contribution in [0.25, 0.3) is 0 Å². The maximum absolute atomic E-state index is 14.1. The van der Waals surface area contributed by atoms with Crippen LogP contribution in [0.1, 0.15) is 12.0 Å². The maximum atomic E-state index is 14.1. The first kappa shape index (κ1) is 18.4. The van der Waals surface area contributed by atoms with Crippen LogP contribution >= 0.6 is 52.9 Å². The summed E-state index contributed by atoms with van der Waals surface area (Å²) in [5.41, 5.74) is 1.30. The highest BCUT2D eigenvalue weighted by molar-refractivity contribution is 14.1. The Balaban J connectivity index is 2.20. The van der Waals surface area contributed by atoms with Gasteiger partial charge in [-0.05, 0) is 36.3 Å². The molecule has 2 rings (SSSR count). The van der Waals surface area contributed by atoms with Gasteiger partial charge in [-0.15, -0.1) is 0 Å². The third-order valence-corrected chi connectivity index (χ3v) is 5.77. The van der Waals surface area contributed by atoms with Gasteiger partial charge in [0, 0.05) is 23.8 Å². The van der Waals surface area contributed by atoms with E-state index in [1.54, 1.807) is 23.1 Å². The fourth-order valence-corrected chi connectivity index (χ4v) is 3.68. The molecule has 0 aromatic heterocycles. The number of carbonyl (C=O) groups excluding carboxylic acids is 1. The van der Waals surface area contributed by atoms with Crippen LogP contribution < -0.4 is 3.11 Å². The van der Waals surface area contributed by atoms with E-state index in [1.165, 1.54) is 6.08 Å². The summed E-state index contributed by atoms with van der Waals surface area (Å²) in [5, 5.41) is -1.13. The molecular formula is C14H17ClFIN2OP2. The van der Waals surface area contributed by atoms with E-state index in [2.05, 4.69) is 47.9 Å². The molecule has 0 N–H and O–H groups in total. The van der Waals surface area contributed by atoms with Crippen LogP contribution in [0.5, 0.6) is 0 Å². The van der Waals surface area contributed by atoms with E-state index in [9.17, 15) is 9.18 Å². The molecule has 8 heteroatoms. The Morgan fingerprint density at radius 1 is 1.55 bits per heavy atom. The fraction of sp³-hybridized carbons (Fsp3) is 0.357. The maximum Gasteiger partial charge on any atom is 0.246 e. The van der Waals surface area contributed by atoms with Crippen molar-refractivity contribution in [2.24, 2.45) is 0 Å². The molecule has 1 heterocycles. The summed E-state index contributed by atoms with van der Waals surface area (Å²) in [7, 11) is 4.29. The summed E-state index contributed by atoms with van der Waals surface area (Å²) in [4.78, 5) is 13.4. The van der Waals surface area contributed by atoms with Gasteiger partial charge in [0.1, 0.15) is 0 Å². The topological polar surface area (TPSA) is 23.6 Å². The summed E-state index contributed by atoms with van der Waals surface area (Å²) >= 11 is 8.31. The third-order valence-electron chi connectivity index (χ3n) is 3.54. The van der Waals surface area contributed by atoms with Crippen molar-refractivity contribution in [1.29, 1.82) is 0 Å². The highest BCUT2D eigenvalue weighted by Gasteiger charge is 2.30. The molecule has 1 amide bonds. The number of likely N-dealkylation sites (tertiary alicyclic amines) is 1. The van der Waals surface area contributed by atoms with Gasteiger partial charge in [-0.3, -0.25) is 4.79 Å². The Labute approximate surface area is 153 Å². The number of carbonyl (C=O) groups is 1. The van der Waals surface area contributed by atoms with E-state index in [1.807, 2.05) is 3.11 Å². The van der Waals surface area contributed by atoms with Crippen LogP contribution in [0.15, 0.2) is 30.9 Å². The SMILES string of the molecule is C=CC(=O)N1CC[C@H](N(I)c2cc(Cl)cc(C(F)(P)P)c2)C1. The van der Waals surface area contributed by atoms with E-state index in [0.29, 0.717) is 23.7 Å². The summed E-state index contributed by atoms with van der Waals surface area (Å²) in [6.45, 7) is 4.83. The van der Waals surface area contributed by atoms with Gasteiger partial charge in [-0.1, -0.05) is 36.7 Å². The Bertz CT molecular complexity index is 597. The molecule has 3 nitrogen and oxygen atoms in total. The number of amides is 1. The van der Waals surface area contributed by atoms with Gasteiger partial charge in [0.2, 0.25) is 5.91 Å². The van der Waals surface area contributed by atoms with Gasteiger partial charge in [-0.2, -0.15) is 0 Å². The lowest BCUT2D eigenvalue weighted by atomic mass is 10.2. The Kier molecular flexibility index (Phi) is 6.09. The van der Waals surface area contributed by atoms with Crippen molar-refractivity contribution >= 4 is 64.5 Å². The lowest BCUT2D eigenvalue weighted by Gasteiger charge is -2.26. The minimum Gasteiger partial charge on any atom is -0.337 e. The van der Waals surface area contributed by atoms with E-state index in [-0.39, 0.29) is 11.9 Å². The largest absolute Gasteiger partial charge is 0.337 e. The molecule has 120 valence electrons. The summed E-state index contributed by atoms with van der Waals surface area (Å²) < 4.78 is 16.1. The van der Waals surface area contributed by atoms with Crippen LogP contribution in [0, 0.1) is 0 Å². The van der Waals surface area contributed by atoms with Crippen LogP contribution in [-0.2, 0) is 9.95 Å². The first-order valence-electron chi connectivity index (χ1n) is 6.66. The molecule has 0 radical (unpaired) electrons.